The van der Waals surface area contributed by atoms with Gasteiger partial charge in [-0.25, -0.2) is 0 Å². The highest BCUT2D eigenvalue weighted by molar-refractivity contribution is 7.17. The minimum Gasteiger partial charge on any atom is -0.396 e. The van der Waals surface area contributed by atoms with Gasteiger partial charge in [-0.1, -0.05) is 12.1 Å². The number of aromatic nitrogens is 1. The monoisotopic (exact) mass is 539 g/mol. The number of aryl methyl sites for hydroxylation is 1. The summed E-state index contributed by atoms with van der Waals surface area (Å²) in [5, 5.41) is 14.4. The van der Waals surface area contributed by atoms with Gasteiger partial charge in [0.1, 0.15) is 18.8 Å². The Morgan fingerprint density at radius 1 is 1.24 bits per heavy atom. The number of fused-ring (bicyclic) bond motifs is 1. The molecule has 3 heterocycles. The second kappa shape index (κ2) is 11.6. The number of nitrogens with zero attached hydrogens (tertiary/aromatic N) is 2. The summed E-state index contributed by atoms with van der Waals surface area (Å²) in [6.07, 6.45) is 5.12. The second-order valence-electron chi connectivity index (χ2n) is 10.2. The van der Waals surface area contributed by atoms with E-state index in [2.05, 4.69) is 5.32 Å². The number of rotatable bonds is 11. The molecule has 2 N–H and O–H groups in total. The number of aliphatic hydroxyl groups excluding tert-OH is 1. The fourth-order valence-corrected chi connectivity index (χ4v) is 6.57. The molecule has 5 rings (SSSR count). The summed E-state index contributed by atoms with van der Waals surface area (Å²) in [7, 11) is 1.70. The van der Waals surface area contributed by atoms with Crippen molar-refractivity contribution in [3.8, 4) is 0 Å². The molecule has 1 saturated heterocycles. The third-order valence-electron chi connectivity index (χ3n) is 7.97. The quantitative estimate of drug-likeness (QED) is 0.354. The molecule has 204 valence electrons. The van der Waals surface area contributed by atoms with Crippen LogP contribution in [0.2, 0.25) is 0 Å². The lowest BCUT2D eigenvalue weighted by Gasteiger charge is -2.32. The molecule has 8 nitrogen and oxygen atoms in total. The third-order valence-corrected chi connectivity index (χ3v) is 8.82. The van der Waals surface area contributed by atoms with Gasteiger partial charge in [0, 0.05) is 37.9 Å². The zero-order valence-corrected chi connectivity index (χ0v) is 23.0. The lowest BCUT2D eigenvalue weighted by Crippen LogP contribution is -2.41. The fourth-order valence-electron chi connectivity index (χ4n) is 5.75. The molecule has 0 radical (unpaired) electrons. The Labute approximate surface area is 227 Å². The van der Waals surface area contributed by atoms with E-state index in [4.69, 9.17) is 9.47 Å². The van der Waals surface area contributed by atoms with Gasteiger partial charge in [-0.2, -0.15) is 0 Å². The van der Waals surface area contributed by atoms with Crippen molar-refractivity contribution in [1.82, 2.24) is 9.88 Å². The van der Waals surface area contributed by atoms with E-state index in [1.807, 2.05) is 53.3 Å². The Morgan fingerprint density at radius 3 is 2.71 bits per heavy atom. The van der Waals surface area contributed by atoms with E-state index in [9.17, 15) is 14.7 Å². The number of carbonyl (C=O) groups is 2. The third kappa shape index (κ3) is 5.52. The number of anilines is 1. The number of carbonyl (C=O) groups excluding carboxylic acids is 2. The molecule has 1 atom stereocenters. The van der Waals surface area contributed by atoms with Crippen molar-refractivity contribution in [2.24, 2.45) is 5.92 Å². The number of nitrogens with one attached hydrogen (secondary N) is 1. The van der Waals surface area contributed by atoms with Crippen LogP contribution in [-0.2, 0) is 27.2 Å². The van der Waals surface area contributed by atoms with Gasteiger partial charge in [-0.3, -0.25) is 9.59 Å². The van der Waals surface area contributed by atoms with Crippen LogP contribution in [0, 0.1) is 5.92 Å². The normalized spacial score (nSPS) is 22.9. The maximum atomic E-state index is 13.6. The molecule has 1 aromatic carbocycles. The summed E-state index contributed by atoms with van der Waals surface area (Å²) in [4.78, 5) is 28.8. The van der Waals surface area contributed by atoms with Crippen molar-refractivity contribution in [3.63, 3.8) is 0 Å². The van der Waals surface area contributed by atoms with Crippen molar-refractivity contribution in [3.05, 3.63) is 53.0 Å². The number of ether oxygens (including phenoxy) is 2. The van der Waals surface area contributed by atoms with Gasteiger partial charge >= 0.3 is 0 Å². The number of hydrogen-bond acceptors (Lipinski definition) is 6. The topological polar surface area (TPSA) is 96.3 Å². The summed E-state index contributed by atoms with van der Waals surface area (Å²) < 4.78 is 14.0. The van der Waals surface area contributed by atoms with Crippen molar-refractivity contribution in [1.29, 1.82) is 0 Å². The number of hydrogen-bond donors (Lipinski definition) is 2. The van der Waals surface area contributed by atoms with E-state index in [1.54, 1.807) is 23.3 Å². The molecule has 2 aromatic heterocycles. The molecule has 9 heteroatoms. The summed E-state index contributed by atoms with van der Waals surface area (Å²) >= 11 is 1.57. The minimum atomic E-state index is -0.405. The molecule has 1 unspecified atom stereocenters. The van der Waals surface area contributed by atoms with E-state index >= 15 is 0 Å². The molecule has 1 saturated carbocycles. The Kier molecular flexibility index (Phi) is 8.18. The fraction of sp³-hybridized carbons (Fsp3) is 0.517. The molecule has 1 aliphatic carbocycles. The van der Waals surface area contributed by atoms with Crippen LogP contribution in [0.15, 0.2) is 41.8 Å². The number of amides is 2. The van der Waals surface area contributed by atoms with Crippen LogP contribution in [0.5, 0.6) is 0 Å². The van der Waals surface area contributed by atoms with E-state index in [0.29, 0.717) is 31.2 Å². The second-order valence-corrected chi connectivity index (χ2v) is 11.2. The molecule has 1 aliphatic heterocycles. The molecule has 2 fully saturated rings. The van der Waals surface area contributed by atoms with Gasteiger partial charge in [-0.15, -0.1) is 11.3 Å². The Hall–Kier alpha value is -2.72. The van der Waals surface area contributed by atoms with Gasteiger partial charge in [-0.05, 0) is 80.7 Å². The summed E-state index contributed by atoms with van der Waals surface area (Å²) in [5.41, 5.74) is 3.34. The van der Waals surface area contributed by atoms with Crippen LogP contribution in [0.25, 0.3) is 10.2 Å². The van der Waals surface area contributed by atoms with Crippen LogP contribution < -0.4 is 10.2 Å². The van der Waals surface area contributed by atoms with Crippen LogP contribution in [0.1, 0.15) is 55.1 Å². The van der Waals surface area contributed by atoms with E-state index in [-0.39, 0.29) is 31.0 Å². The van der Waals surface area contributed by atoms with Crippen LogP contribution >= 0.6 is 11.3 Å². The van der Waals surface area contributed by atoms with Crippen LogP contribution in [0.4, 0.5) is 5.69 Å². The smallest absolute Gasteiger partial charge is 0.268 e. The zero-order valence-electron chi connectivity index (χ0n) is 22.2. The Morgan fingerprint density at radius 2 is 2.03 bits per heavy atom. The van der Waals surface area contributed by atoms with Gasteiger partial charge < -0.3 is 29.4 Å². The number of likely N-dealkylation sites (N-methyl/N-ethyl adjacent to an activating group) is 1. The summed E-state index contributed by atoms with van der Waals surface area (Å²) in [5.74, 6) is -0.241. The lowest BCUT2D eigenvalue weighted by atomic mass is 9.82. The summed E-state index contributed by atoms with van der Waals surface area (Å²) in [6, 6.07) is 11.9. The van der Waals surface area contributed by atoms with E-state index < -0.39 is 5.79 Å². The molecule has 3 aromatic rings. The molecule has 0 bridgehead atoms. The number of benzene rings is 1. The van der Waals surface area contributed by atoms with E-state index in [1.165, 1.54) is 0 Å². The Balaban J connectivity index is 1.29. The van der Waals surface area contributed by atoms with Crippen molar-refractivity contribution < 1.29 is 24.2 Å². The van der Waals surface area contributed by atoms with Crippen LogP contribution in [-0.4, -0.2) is 60.2 Å². The number of aliphatic hydroxyl groups is 1. The van der Waals surface area contributed by atoms with Gasteiger partial charge in [0.15, 0.2) is 5.79 Å². The van der Waals surface area contributed by atoms with Gasteiger partial charge in [0.25, 0.3) is 5.91 Å². The first-order chi connectivity index (χ1) is 18.5. The molecule has 2 aliphatic rings. The predicted molar refractivity (Wildman–Crippen MR) is 149 cm³/mol. The lowest BCUT2D eigenvalue weighted by molar-refractivity contribution is -0.119. The molecule has 0 spiro atoms. The first-order valence-electron chi connectivity index (χ1n) is 13.5. The SMILES string of the molecule is CCN(C(=O)Cn1c(C(=O)NC2CCC(C3(OC)CO3)CC2)cc2sccc21)c1cccc(CCCO)c1. The van der Waals surface area contributed by atoms with Crippen molar-refractivity contribution >= 4 is 39.1 Å². The van der Waals surface area contributed by atoms with Gasteiger partial charge in [0.2, 0.25) is 5.91 Å². The number of epoxide rings is 1. The van der Waals surface area contributed by atoms with Crippen LogP contribution in [0.3, 0.4) is 0 Å². The first-order valence-corrected chi connectivity index (χ1v) is 14.4. The molecular formula is C29H37N3O5S. The Bertz CT molecular complexity index is 1270. The summed E-state index contributed by atoms with van der Waals surface area (Å²) in [6.45, 7) is 3.36. The average molecular weight is 540 g/mol. The maximum absolute atomic E-state index is 13.6. The largest absolute Gasteiger partial charge is 0.396 e. The maximum Gasteiger partial charge on any atom is 0.268 e. The highest BCUT2D eigenvalue weighted by atomic mass is 32.1. The van der Waals surface area contributed by atoms with Crippen molar-refractivity contribution in [2.45, 2.75) is 63.8 Å². The molecule has 38 heavy (non-hydrogen) atoms. The highest BCUT2D eigenvalue weighted by Crippen LogP contribution is 2.43. The molecule has 2 amide bonds. The predicted octanol–water partition coefficient (Wildman–Crippen LogP) is 4.34. The highest BCUT2D eigenvalue weighted by Gasteiger charge is 2.52. The molecular weight excluding hydrogens is 502 g/mol. The first kappa shape index (κ1) is 26.9. The van der Waals surface area contributed by atoms with Crippen molar-refractivity contribution in [2.75, 3.05) is 31.8 Å². The zero-order chi connectivity index (χ0) is 26.7. The van der Waals surface area contributed by atoms with E-state index in [0.717, 1.165) is 53.6 Å². The number of thiophene rings is 1. The number of methoxy groups -OCH3 is 1. The average Bonchev–Trinajstić information content (AvgIpc) is 3.47. The minimum absolute atomic E-state index is 0.0700. The van der Waals surface area contributed by atoms with Gasteiger partial charge in [0.05, 0.1) is 10.2 Å². The standard InChI is InChI=1S/C29H37N3O5S/c1-3-31(23-8-4-6-20(16-23)7-5-14-33)27(34)18-32-24-13-15-38-26(24)17-25(32)28(35)30-22-11-9-21(10-12-22)29(36-2)19-37-29/h4,6,8,13,15-17,21-22,33H,3,5,7,9-12,14,18-19H2,1-2H3,(H,30,35).